The zero-order valence-electron chi connectivity index (χ0n) is 15.0. The molecule has 5 rings (SSSR count). The smallest absolute Gasteiger partial charge is 0.275 e. The number of aromatic amines is 1. The van der Waals surface area contributed by atoms with E-state index in [4.69, 9.17) is 0 Å². The molecule has 5 nitrogen and oxygen atoms in total. The summed E-state index contributed by atoms with van der Waals surface area (Å²) >= 11 is 1.44. The number of hydrogen-bond donors (Lipinski definition) is 2. The van der Waals surface area contributed by atoms with Gasteiger partial charge in [-0.25, -0.2) is 4.98 Å². The normalized spacial score (nSPS) is 12.9. The van der Waals surface area contributed by atoms with E-state index in [-0.39, 0.29) is 11.5 Å². The van der Waals surface area contributed by atoms with Crippen LogP contribution in [0, 0.1) is 0 Å². The minimum atomic E-state index is -0.263. The molecule has 2 N–H and O–H groups in total. The fourth-order valence-corrected chi connectivity index (χ4v) is 4.57. The minimum absolute atomic E-state index is 0.0181. The Balaban J connectivity index is 1.42. The fraction of sp³-hybridized carbons (Fsp3) is 0.136. The lowest BCUT2D eigenvalue weighted by Gasteiger charge is -2.08. The van der Waals surface area contributed by atoms with Gasteiger partial charge in [0, 0.05) is 27.6 Å². The van der Waals surface area contributed by atoms with Crippen molar-refractivity contribution in [1.29, 1.82) is 0 Å². The van der Waals surface area contributed by atoms with Crippen LogP contribution in [-0.4, -0.2) is 15.9 Å². The number of nitrogens with one attached hydrogen (secondary N) is 2. The molecule has 6 heteroatoms. The predicted octanol–water partition coefficient (Wildman–Crippen LogP) is 4.39. The number of rotatable bonds is 3. The number of thiazole rings is 1. The van der Waals surface area contributed by atoms with Crippen molar-refractivity contribution in [3.8, 4) is 10.6 Å². The maximum Gasteiger partial charge on any atom is 0.275 e. The molecule has 138 valence electrons. The predicted molar refractivity (Wildman–Crippen MR) is 112 cm³/mol. The van der Waals surface area contributed by atoms with E-state index >= 15 is 0 Å². The first-order valence-electron chi connectivity index (χ1n) is 9.19. The van der Waals surface area contributed by atoms with E-state index < -0.39 is 0 Å². The topological polar surface area (TPSA) is 74.8 Å². The molecule has 0 saturated carbocycles. The molecule has 28 heavy (non-hydrogen) atoms. The summed E-state index contributed by atoms with van der Waals surface area (Å²) in [6.45, 7) is 0. The van der Waals surface area contributed by atoms with Gasteiger partial charge in [0.2, 0.25) is 0 Å². The van der Waals surface area contributed by atoms with Gasteiger partial charge in [-0.3, -0.25) is 9.59 Å². The molecule has 0 atom stereocenters. The molecule has 0 fully saturated rings. The van der Waals surface area contributed by atoms with Crippen molar-refractivity contribution in [2.45, 2.75) is 19.3 Å². The number of amides is 1. The third kappa shape index (κ3) is 2.92. The highest BCUT2D eigenvalue weighted by atomic mass is 32.1. The summed E-state index contributed by atoms with van der Waals surface area (Å²) in [6, 6.07) is 15.5. The van der Waals surface area contributed by atoms with Gasteiger partial charge < -0.3 is 10.3 Å². The van der Waals surface area contributed by atoms with Crippen molar-refractivity contribution in [3.63, 3.8) is 0 Å². The number of fused-ring (bicyclic) bond motifs is 3. The van der Waals surface area contributed by atoms with Gasteiger partial charge in [0.1, 0.15) is 10.7 Å². The van der Waals surface area contributed by atoms with Crippen molar-refractivity contribution in [2.75, 3.05) is 5.32 Å². The molecule has 0 spiro atoms. The molecule has 2 aromatic heterocycles. The second-order valence-corrected chi connectivity index (χ2v) is 7.74. The van der Waals surface area contributed by atoms with E-state index in [0.717, 1.165) is 51.9 Å². The maximum absolute atomic E-state index is 12.6. The first kappa shape index (κ1) is 16.9. The zero-order chi connectivity index (χ0) is 19.1. The SMILES string of the molecule is O=C(Nc1ccc2c3c(c(=O)[nH]c2c1)CCC3)c1csc(-c2ccccc2)n1. The van der Waals surface area contributed by atoms with Gasteiger partial charge in [-0.1, -0.05) is 36.4 Å². The molecule has 0 aliphatic heterocycles. The summed E-state index contributed by atoms with van der Waals surface area (Å²) in [7, 11) is 0. The molecule has 0 radical (unpaired) electrons. The molecule has 0 unspecified atom stereocenters. The first-order chi connectivity index (χ1) is 13.7. The highest BCUT2D eigenvalue weighted by Gasteiger charge is 2.18. The van der Waals surface area contributed by atoms with Crippen molar-refractivity contribution >= 4 is 33.8 Å². The minimum Gasteiger partial charge on any atom is -0.322 e. The van der Waals surface area contributed by atoms with Crippen LogP contribution in [0.3, 0.4) is 0 Å². The van der Waals surface area contributed by atoms with Crippen molar-refractivity contribution in [1.82, 2.24) is 9.97 Å². The molecule has 1 aliphatic rings. The Morgan fingerprint density at radius 1 is 1.07 bits per heavy atom. The molecule has 4 aromatic rings. The van der Waals surface area contributed by atoms with Crippen LogP contribution in [0.25, 0.3) is 21.5 Å². The molecule has 0 saturated heterocycles. The van der Waals surface area contributed by atoms with E-state index in [1.165, 1.54) is 11.3 Å². The Labute approximate surface area is 165 Å². The number of nitrogens with zero attached hydrogens (tertiary/aromatic N) is 1. The van der Waals surface area contributed by atoms with Crippen LogP contribution >= 0.6 is 11.3 Å². The summed E-state index contributed by atoms with van der Waals surface area (Å²) in [5.41, 5.74) is 4.79. The number of H-pyrrole nitrogens is 1. The average Bonchev–Trinajstić information content (AvgIpc) is 3.39. The number of benzene rings is 2. The molecule has 1 amide bonds. The number of pyridine rings is 1. The Kier molecular flexibility index (Phi) is 4.06. The zero-order valence-corrected chi connectivity index (χ0v) is 15.8. The Hall–Kier alpha value is -3.25. The number of aryl methyl sites for hydroxylation is 1. The van der Waals surface area contributed by atoms with Gasteiger partial charge in [0.25, 0.3) is 11.5 Å². The lowest BCUT2D eigenvalue weighted by molar-refractivity contribution is 0.102. The number of anilines is 1. The van der Waals surface area contributed by atoms with E-state index in [9.17, 15) is 9.59 Å². The Morgan fingerprint density at radius 3 is 2.75 bits per heavy atom. The second kappa shape index (κ2) is 6.73. The fourth-order valence-electron chi connectivity index (χ4n) is 3.76. The van der Waals surface area contributed by atoms with Crippen LogP contribution in [0.15, 0.2) is 58.7 Å². The van der Waals surface area contributed by atoms with Gasteiger partial charge in [-0.05, 0) is 37.0 Å². The van der Waals surface area contributed by atoms with Crippen LogP contribution in [0.5, 0.6) is 0 Å². The molecule has 2 aromatic carbocycles. The Morgan fingerprint density at radius 2 is 1.89 bits per heavy atom. The van der Waals surface area contributed by atoms with Crippen LogP contribution in [0.4, 0.5) is 5.69 Å². The van der Waals surface area contributed by atoms with Gasteiger partial charge in [0.15, 0.2) is 0 Å². The van der Waals surface area contributed by atoms with Crippen LogP contribution < -0.4 is 10.9 Å². The highest BCUT2D eigenvalue weighted by molar-refractivity contribution is 7.13. The van der Waals surface area contributed by atoms with Gasteiger partial charge in [-0.15, -0.1) is 11.3 Å². The van der Waals surface area contributed by atoms with Gasteiger partial charge in [0.05, 0.1) is 5.52 Å². The summed E-state index contributed by atoms with van der Waals surface area (Å²) in [5.74, 6) is -0.263. The summed E-state index contributed by atoms with van der Waals surface area (Å²) in [5, 5.41) is 6.51. The number of carbonyl (C=O) groups is 1. The molecule has 0 bridgehead atoms. The summed E-state index contributed by atoms with van der Waals surface area (Å²) in [4.78, 5) is 32.3. The summed E-state index contributed by atoms with van der Waals surface area (Å²) in [6.07, 6.45) is 2.79. The van der Waals surface area contributed by atoms with E-state index in [0.29, 0.717) is 11.4 Å². The van der Waals surface area contributed by atoms with E-state index in [2.05, 4.69) is 15.3 Å². The quantitative estimate of drug-likeness (QED) is 0.547. The van der Waals surface area contributed by atoms with Crippen molar-refractivity contribution in [2.24, 2.45) is 0 Å². The third-order valence-electron chi connectivity index (χ3n) is 5.10. The maximum atomic E-state index is 12.6. The first-order valence-corrected chi connectivity index (χ1v) is 10.1. The average molecular weight is 387 g/mol. The lowest BCUT2D eigenvalue weighted by atomic mass is 10.1. The third-order valence-corrected chi connectivity index (χ3v) is 5.99. The van der Waals surface area contributed by atoms with Crippen molar-refractivity contribution < 1.29 is 4.79 Å². The standard InChI is InChI=1S/C22H17N3O2S/c26-20-17-8-4-7-15(17)16-10-9-14(11-18(16)24-20)23-21(27)19-12-28-22(25-19)13-5-2-1-3-6-13/h1-3,5-6,9-12H,4,7-8H2,(H,23,27)(H,24,26). The molecule has 2 heterocycles. The Bertz CT molecular complexity index is 1260. The van der Waals surface area contributed by atoms with Crippen molar-refractivity contribution in [3.05, 3.63) is 81.1 Å². The van der Waals surface area contributed by atoms with Crippen LogP contribution in [-0.2, 0) is 12.8 Å². The lowest BCUT2D eigenvalue weighted by Crippen LogP contribution is -2.14. The number of carbonyl (C=O) groups excluding carboxylic acids is 1. The number of aromatic nitrogens is 2. The second-order valence-electron chi connectivity index (χ2n) is 6.88. The molecular weight excluding hydrogens is 370 g/mol. The molecular formula is C22H17N3O2S. The van der Waals surface area contributed by atoms with Crippen LogP contribution in [0.2, 0.25) is 0 Å². The van der Waals surface area contributed by atoms with Crippen LogP contribution in [0.1, 0.15) is 28.0 Å². The summed E-state index contributed by atoms with van der Waals surface area (Å²) < 4.78 is 0. The highest BCUT2D eigenvalue weighted by Crippen LogP contribution is 2.28. The van der Waals surface area contributed by atoms with E-state index in [1.807, 2.05) is 48.5 Å². The largest absolute Gasteiger partial charge is 0.322 e. The van der Waals surface area contributed by atoms with Gasteiger partial charge >= 0.3 is 0 Å². The van der Waals surface area contributed by atoms with E-state index in [1.54, 1.807) is 5.38 Å². The van der Waals surface area contributed by atoms with Gasteiger partial charge in [-0.2, -0.15) is 0 Å². The number of hydrogen-bond acceptors (Lipinski definition) is 4. The monoisotopic (exact) mass is 387 g/mol. The molecule has 1 aliphatic carbocycles.